The molecule has 0 saturated heterocycles. The number of aryl methyl sites for hydroxylation is 1. The van der Waals surface area contributed by atoms with E-state index in [4.69, 9.17) is 9.47 Å². The molecule has 0 unspecified atom stereocenters. The minimum Gasteiger partial charge on any atom is -0.461 e. The first-order chi connectivity index (χ1) is 8.54. The van der Waals surface area contributed by atoms with Gasteiger partial charge in [-0.05, 0) is 27.7 Å². The summed E-state index contributed by atoms with van der Waals surface area (Å²) < 4.78 is 10.3. The smallest absolute Gasteiger partial charge is 0.358 e. The van der Waals surface area contributed by atoms with Gasteiger partial charge < -0.3 is 14.8 Å². The predicted octanol–water partition coefficient (Wildman–Crippen LogP) is 2.47. The molecule has 0 aliphatic rings. The van der Waals surface area contributed by atoms with Crippen LogP contribution in [0, 0.1) is 6.92 Å². The van der Waals surface area contributed by atoms with Crippen molar-refractivity contribution < 1.29 is 14.3 Å². The van der Waals surface area contributed by atoms with Gasteiger partial charge in [-0.1, -0.05) is 0 Å². The molecule has 0 aromatic carbocycles. The average molecular weight is 272 g/mol. The SMILES string of the molecule is CCOC(=O)c1nc(NCCOC(C)C)sc1C. The third-order valence-corrected chi connectivity index (χ3v) is 3.02. The summed E-state index contributed by atoms with van der Waals surface area (Å²) >= 11 is 1.45. The maximum absolute atomic E-state index is 11.6. The highest BCUT2D eigenvalue weighted by atomic mass is 32.1. The van der Waals surface area contributed by atoms with E-state index in [1.807, 2.05) is 20.8 Å². The van der Waals surface area contributed by atoms with E-state index < -0.39 is 0 Å². The number of carbonyl (C=O) groups is 1. The van der Waals surface area contributed by atoms with Crippen LogP contribution in [-0.4, -0.2) is 36.8 Å². The largest absolute Gasteiger partial charge is 0.461 e. The van der Waals surface area contributed by atoms with Gasteiger partial charge in [0, 0.05) is 11.4 Å². The van der Waals surface area contributed by atoms with Gasteiger partial charge in [0.05, 0.1) is 19.3 Å². The van der Waals surface area contributed by atoms with E-state index in [1.165, 1.54) is 11.3 Å². The molecule has 18 heavy (non-hydrogen) atoms. The van der Waals surface area contributed by atoms with Crippen LogP contribution in [-0.2, 0) is 9.47 Å². The van der Waals surface area contributed by atoms with E-state index in [9.17, 15) is 4.79 Å². The van der Waals surface area contributed by atoms with Crippen molar-refractivity contribution in [3.8, 4) is 0 Å². The summed E-state index contributed by atoms with van der Waals surface area (Å²) in [5.74, 6) is -0.363. The van der Waals surface area contributed by atoms with Crippen molar-refractivity contribution in [3.63, 3.8) is 0 Å². The molecule has 0 spiro atoms. The van der Waals surface area contributed by atoms with Crippen LogP contribution in [0.5, 0.6) is 0 Å². The number of ether oxygens (including phenoxy) is 2. The lowest BCUT2D eigenvalue weighted by Crippen LogP contribution is -2.13. The highest BCUT2D eigenvalue weighted by Gasteiger charge is 2.16. The third-order valence-electron chi connectivity index (χ3n) is 2.09. The van der Waals surface area contributed by atoms with Gasteiger partial charge in [0.15, 0.2) is 10.8 Å². The van der Waals surface area contributed by atoms with Gasteiger partial charge in [-0.2, -0.15) is 0 Å². The van der Waals surface area contributed by atoms with Crippen molar-refractivity contribution >= 4 is 22.4 Å². The Morgan fingerprint density at radius 1 is 1.50 bits per heavy atom. The molecule has 0 radical (unpaired) electrons. The maximum Gasteiger partial charge on any atom is 0.358 e. The Kier molecular flexibility index (Phi) is 6.07. The summed E-state index contributed by atoms with van der Waals surface area (Å²) in [5.41, 5.74) is 0.397. The molecule has 0 amide bonds. The van der Waals surface area contributed by atoms with Crippen LogP contribution in [0.15, 0.2) is 0 Å². The molecular formula is C12H20N2O3S. The summed E-state index contributed by atoms with van der Waals surface area (Å²) in [6, 6.07) is 0. The monoisotopic (exact) mass is 272 g/mol. The second-order valence-corrected chi connectivity index (χ2v) is 5.19. The number of hydrogen-bond donors (Lipinski definition) is 1. The van der Waals surface area contributed by atoms with E-state index in [1.54, 1.807) is 6.92 Å². The Bertz CT molecular complexity index is 391. The number of thiazole rings is 1. The lowest BCUT2D eigenvalue weighted by Gasteiger charge is -2.07. The zero-order chi connectivity index (χ0) is 13.5. The quantitative estimate of drug-likeness (QED) is 0.610. The van der Waals surface area contributed by atoms with Crippen molar-refractivity contribution in [2.24, 2.45) is 0 Å². The predicted molar refractivity (Wildman–Crippen MR) is 72.4 cm³/mol. The van der Waals surface area contributed by atoms with Gasteiger partial charge in [-0.25, -0.2) is 9.78 Å². The Morgan fingerprint density at radius 3 is 2.83 bits per heavy atom. The van der Waals surface area contributed by atoms with Gasteiger partial charge in [0.1, 0.15) is 0 Å². The molecular weight excluding hydrogens is 252 g/mol. The van der Waals surface area contributed by atoms with E-state index in [-0.39, 0.29) is 12.1 Å². The summed E-state index contributed by atoms with van der Waals surface area (Å²) in [6.07, 6.45) is 0.222. The van der Waals surface area contributed by atoms with Gasteiger partial charge >= 0.3 is 5.97 Å². The molecule has 0 bridgehead atoms. The van der Waals surface area contributed by atoms with Crippen LogP contribution in [0.25, 0.3) is 0 Å². The van der Waals surface area contributed by atoms with E-state index in [2.05, 4.69) is 10.3 Å². The molecule has 1 rings (SSSR count). The normalized spacial score (nSPS) is 10.7. The van der Waals surface area contributed by atoms with Gasteiger partial charge in [-0.15, -0.1) is 11.3 Å². The Hall–Kier alpha value is -1.14. The van der Waals surface area contributed by atoms with Crippen LogP contribution in [0.2, 0.25) is 0 Å². The number of nitrogens with one attached hydrogen (secondary N) is 1. The highest BCUT2D eigenvalue weighted by molar-refractivity contribution is 7.15. The minimum atomic E-state index is -0.363. The van der Waals surface area contributed by atoms with Gasteiger partial charge in [-0.3, -0.25) is 0 Å². The fourth-order valence-corrected chi connectivity index (χ4v) is 2.14. The van der Waals surface area contributed by atoms with Gasteiger partial charge in [0.25, 0.3) is 0 Å². The van der Waals surface area contributed by atoms with Crippen LogP contribution < -0.4 is 5.32 Å². The van der Waals surface area contributed by atoms with Crippen molar-refractivity contribution in [2.45, 2.75) is 33.8 Å². The molecule has 0 aliphatic carbocycles. The number of aromatic nitrogens is 1. The second kappa shape index (κ2) is 7.33. The van der Waals surface area contributed by atoms with E-state index in [0.717, 1.165) is 10.0 Å². The number of nitrogens with zero attached hydrogens (tertiary/aromatic N) is 1. The first-order valence-electron chi connectivity index (χ1n) is 6.04. The second-order valence-electron chi connectivity index (χ2n) is 3.99. The van der Waals surface area contributed by atoms with Gasteiger partial charge in [0.2, 0.25) is 0 Å². The maximum atomic E-state index is 11.6. The molecule has 1 N–H and O–H groups in total. The topological polar surface area (TPSA) is 60.5 Å². The third kappa shape index (κ3) is 4.62. The lowest BCUT2D eigenvalue weighted by molar-refractivity contribution is 0.0519. The molecule has 0 atom stereocenters. The number of carbonyl (C=O) groups excluding carboxylic acids is 1. The molecule has 1 aromatic rings. The summed E-state index contributed by atoms with van der Waals surface area (Å²) in [5, 5.41) is 3.86. The molecule has 1 aromatic heterocycles. The molecule has 1 heterocycles. The minimum absolute atomic E-state index is 0.222. The van der Waals surface area contributed by atoms with Crippen LogP contribution in [0.4, 0.5) is 5.13 Å². The zero-order valence-corrected chi connectivity index (χ0v) is 12.1. The Balaban J connectivity index is 2.48. The lowest BCUT2D eigenvalue weighted by atomic mass is 10.4. The average Bonchev–Trinajstić information content (AvgIpc) is 2.66. The Morgan fingerprint density at radius 2 is 2.22 bits per heavy atom. The number of esters is 1. The molecule has 0 fully saturated rings. The molecule has 102 valence electrons. The van der Waals surface area contributed by atoms with Crippen molar-refractivity contribution in [3.05, 3.63) is 10.6 Å². The first-order valence-corrected chi connectivity index (χ1v) is 6.86. The fraction of sp³-hybridized carbons (Fsp3) is 0.667. The first kappa shape index (κ1) is 14.9. The van der Waals surface area contributed by atoms with Crippen LogP contribution in [0.3, 0.4) is 0 Å². The van der Waals surface area contributed by atoms with Crippen LogP contribution in [0.1, 0.15) is 36.1 Å². The number of hydrogen-bond acceptors (Lipinski definition) is 6. The highest BCUT2D eigenvalue weighted by Crippen LogP contribution is 2.22. The summed E-state index contributed by atoms with van der Waals surface area (Å²) in [4.78, 5) is 16.7. The Labute approximate surface area is 112 Å². The van der Waals surface area contributed by atoms with Crippen molar-refractivity contribution in [1.29, 1.82) is 0 Å². The van der Waals surface area contributed by atoms with E-state index in [0.29, 0.717) is 25.5 Å². The van der Waals surface area contributed by atoms with Crippen molar-refractivity contribution in [1.82, 2.24) is 4.98 Å². The number of anilines is 1. The molecule has 6 heteroatoms. The number of rotatable bonds is 7. The molecule has 0 saturated carbocycles. The van der Waals surface area contributed by atoms with Crippen LogP contribution >= 0.6 is 11.3 Å². The standard InChI is InChI=1S/C12H20N2O3S/c1-5-16-11(15)10-9(4)18-12(14-10)13-6-7-17-8(2)3/h8H,5-7H2,1-4H3,(H,13,14). The summed E-state index contributed by atoms with van der Waals surface area (Å²) in [6.45, 7) is 9.28. The molecule has 5 nitrogen and oxygen atoms in total. The van der Waals surface area contributed by atoms with Crippen molar-refractivity contribution in [2.75, 3.05) is 25.1 Å². The van der Waals surface area contributed by atoms with E-state index >= 15 is 0 Å². The molecule has 0 aliphatic heterocycles. The summed E-state index contributed by atoms with van der Waals surface area (Å²) in [7, 11) is 0. The fourth-order valence-electron chi connectivity index (χ4n) is 1.31. The zero-order valence-electron chi connectivity index (χ0n) is 11.3.